The first kappa shape index (κ1) is 13.4. The smallest absolute Gasteiger partial charge is 0.377 e. The fourth-order valence-corrected chi connectivity index (χ4v) is 1.23. The minimum atomic E-state index is -3.46. The predicted octanol–water partition coefficient (Wildman–Crippen LogP) is 3.29. The quantitative estimate of drug-likeness (QED) is 0.738. The molecule has 0 aromatic heterocycles. The zero-order chi connectivity index (χ0) is 12.7. The van der Waals surface area contributed by atoms with Gasteiger partial charge in [0.05, 0.1) is 6.61 Å². The second kappa shape index (κ2) is 6.13. The molecule has 0 heterocycles. The second-order valence-corrected chi connectivity index (χ2v) is 3.44. The molecule has 4 heteroatoms. The van der Waals surface area contributed by atoms with Crippen molar-refractivity contribution in [3.8, 4) is 0 Å². The van der Waals surface area contributed by atoms with Crippen molar-refractivity contribution in [3.63, 3.8) is 0 Å². The van der Waals surface area contributed by atoms with Crippen molar-refractivity contribution in [2.24, 2.45) is 0 Å². The molecule has 17 heavy (non-hydrogen) atoms. The zero-order valence-corrected chi connectivity index (χ0v) is 9.53. The number of hydrogen-bond donors (Lipinski definition) is 0. The first-order valence-electron chi connectivity index (χ1n) is 5.33. The van der Waals surface area contributed by atoms with Crippen LogP contribution in [-0.2, 0) is 9.53 Å². The third-order valence-electron chi connectivity index (χ3n) is 2.06. The van der Waals surface area contributed by atoms with Gasteiger partial charge in [-0.2, -0.15) is 8.78 Å². The van der Waals surface area contributed by atoms with Gasteiger partial charge in [0.1, 0.15) is 0 Å². The van der Waals surface area contributed by atoms with Crippen LogP contribution >= 0.6 is 0 Å². The van der Waals surface area contributed by atoms with Crippen LogP contribution in [0.5, 0.6) is 0 Å². The van der Waals surface area contributed by atoms with Gasteiger partial charge in [-0.15, -0.1) is 0 Å². The Morgan fingerprint density at radius 3 is 2.59 bits per heavy atom. The minimum absolute atomic E-state index is 0.0448. The maximum Gasteiger partial charge on any atom is 0.377 e. The third kappa shape index (κ3) is 4.34. The Morgan fingerprint density at radius 1 is 1.35 bits per heavy atom. The van der Waals surface area contributed by atoms with Crippen LogP contribution in [0.15, 0.2) is 36.4 Å². The molecule has 0 unspecified atom stereocenters. The normalized spacial score (nSPS) is 11.7. The van der Waals surface area contributed by atoms with Crippen molar-refractivity contribution >= 4 is 12.0 Å². The molecule has 0 radical (unpaired) electrons. The molecule has 1 rings (SSSR count). The van der Waals surface area contributed by atoms with E-state index in [1.54, 1.807) is 18.2 Å². The number of carbonyl (C=O) groups is 1. The van der Waals surface area contributed by atoms with Crippen molar-refractivity contribution in [1.82, 2.24) is 0 Å². The summed E-state index contributed by atoms with van der Waals surface area (Å²) in [5, 5.41) is 0. The lowest BCUT2D eigenvalue weighted by Crippen LogP contribution is -2.30. The average Bonchev–Trinajstić information content (AvgIpc) is 2.30. The van der Waals surface area contributed by atoms with Gasteiger partial charge in [0.25, 0.3) is 0 Å². The molecule has 0 saturated heterocycles. The number of allylic oxidation sites excluding steroid dienone is 1. The topological polar surface area (TPSA) is 26.3 Å². The molecular weight excluding hydrogens is 226 g/mol. The highest BCUT2D eigenvalue weighted by Crippen LogP contribution is 2.21. The number of esters is 1. The molecule has 0 atom stereocenters. The van der Waals surface area contributed by atoms with Crippen molar-refractivity contribution in [3.05, 3.63) is 42.0 Å². The number of hydrogen-bond acceptors (Lipinski definition) is 2. The van der Waals surface area contributed by atoms with Crippen LogP contribution in [0.1, 0.15) is 18.9 Å². The van der Waals surface area contributed by atoms with E-state index in [0.717, 1.165) is 5.56 Å². The first-order valence-corrected chi connectivity index (χ1v) is 5.33. The molecule has 0 aliphatic rings. The molecule has 1 aromatic carbocycles. The fourth-order valence-electron chi connectivity index (χ4n) is 1.23. The summed E-state index contributed by atoms with van der Waals surface area (Å²) in [4.78, 5) is 10.9. The standard InChI is InChI=1S/C13H14F2O2/c1-2-17-12(16)13(14,15)10-6-9-11-7-4-3-5-8-11/h3-9H,2,10H2,1H3/b9-6+. The molecule has 0 saturated carbocycles. The van der Waals surface area contributed by atoms with E-state index < -0.39 is 18.3 Å². The summed E-state index contributed by atoms with van der Waals surface area (Å²) in [6.45, 7) is 1.45. The van der Waals surface area contributed by atoms with E-state index in [1.807, 2.05) is 18.2 Å². The van der Waals surface area contributed by atoms with Crippen LogP contribution in [0.4, 0.5) is 8.78 Å². The van der Waals surface area contributed by atoms with Gasteiger partial charge in [-0.1, -0.05) is 42.5 Å². The number of benzene rings is 1. The number of carbonyl (C=O) groups excluding carboxylic acids is 1. The average molecular weight is 240 g/mol. The fraction of sp³-hybridized carbons (Fsp3) is 0.308. The minimum Gasteiger partial charge on any atom is -0.462 e. The van der Waals surface area contributed by atoms with Crippen molar-refractivity contribution < 1.29 is 18.3 Å². The summed E-state index contributed by atoms with van der Waals surface area (Å²) in [5.41, 5.74) is 0.812. The van der Waals surface area contributed by atoms with Crippen LogP contribution in [0, 0.1) is 0 Å². The molecule has 0 spiro atoms. The highest BCUT2D eigenvalue weighted by Gasteiger charge is 2.38. The molecule has 92 valence electrons. The maximum absolute atomic E-state index is 13.2. The highest BCUT2D eigenvalue weighted by molar-refractivity contribution is 5.77. The first-order chi connectivity index (χ1) is 8.06. The van der Waals surface area contributed by atoms with Gasteiger partial charge in [-0.05, 0) is 12.5 Å². The Morgan fingerprint density at radius 2 is 2.00 bits per heavy atom. The lowest BCUT2D eigenvalue weighted by molar-refractivity contribution is -0.170. The molecular formula is C13H14F2O2. The van der Waals surface area contributed by atoms with Crippen LogP contribution < -0.4 is 0 Å². The van der Waals surface area contributed by atoms with Crippen LogP contribution in [0.2, 0.25) is 0 Å². The van der Waals surface area contributed by atoms with E-state index in [-0.39, 0.29) is 6.61 Å². The van der Waals surface area contributed by atoms with Crippen molar-refractivity contribution in [1.29, 1.82) is 0 Å². The van der Waals surface area contributed by atoms with Crippen LogP contribution in [-0.4, -0.2) is 18.5 Å². The summed E-state index contributed by atoms with van der Waals surface area (Å²) in [7, 11) is 0. The van der Waals surface area contributed by atoms with E-state index in [1.165, 1.54) is 13.0 Å². The van der Waals surface area contributed by atoms with Crippen LogP contribution in [0.3, 0.4) is 0 Å². The number of rotatable bonds is 5. The predicted molar refractivity (Wildman–Crippen MR) is 61.7 cm³/mol. The SMILES string of the molecule is CCOC(=O)C(F)(F)C/C=C/c1ccccc1. The third-order valence-corrected chi connectivity index (χ3v) is 2.06. The monoisotopic (exact) mass is 240 g/mol. The Hall–Kier alpha value is -1.71. The van der Waals surface area contributed by atoms with E-state index in [9.17, 15) is 13.6 Å². The van der Waals surface area contributed by atoms with Crippen LogP contribution in [0.25, 0.3) is 6.08 Å². The lowest BCUT2D eigenvalue weighted by atomic mass is 10.1. The molecule has 0 aliphatic heterocycles. The van der Waals surface area contributed by atoms with Gasteiger partial charge in [0, 0.05) is 6.42 Å². The molecule has 2 nitrogen and oxygen atoms in total. The summed E-state index contributed by atoms with van der Waals surface area (Å²) in [6, 6.07) is 9.04. The molecule has 0 fully saturated rings. The molecule has 0 aliphatic carbocycles. The van der Waals surface area contributed by atoms with E-state index in [2.05, 4.69) is 4.74 Å². The lowest BCUT2D eigenvalue weighted by Gasteiger charge is -2.11. The number of alkyl halides is 2. The second-order valence-electron chi connectivity index (χ2n) is 3.44. The Bertz CT molecular complexity index is 386. The summed E-state index contributed by atoms with van der Waals surface area (Å²) >= 11 is 0. The molecule has 1 aromatic rings. The molecule has 0 bridgehead atoms. The van der Waals surface area contributed by atoms with Gasteiger partial charge in [-0.25, -0.2) is 4.79 Å². The van der Waals surface area contributed by atoms with Gasteiger partial charge < -0.3 is 4.74 Å². The molecule has 0 N–H and O–H groups in total. The van der Waals surface area contributed by atoms with Crippen molar-refractivity contribution in [2.75, 3.05) is 6.61 Å². The largest absolute Gasteiger partial charge is 0.462 e. The molecule has 0 amide bonds. The Balaban J connectivity index is 2.55. The maximum atomic E-state index is 13.2. The van der Waals surface area contributed by atoms with Crippen molar-refractivity contribution in [2.45, 2.75) is 19.3 Å². The van der Waals surface area contributed by atoms with Gasteiger partial charge in [-0.3, -0.25) is 0 Å². The van der Waals surface area contributed by atoms with Gasteiger partial charge >= 0.3 is 11.9 Å². The number of ether oxygens (including phenoxy) is 1. The zero-order valence-electron chi connectivity index (χ0n) is 9.53. The van der Waals surface area contributed by atoms with E-state index in [0.29, 0.717) is 0 Å². The number of halogens is 2. The van der Waals surface area contributed by atoms with Gasteiger partial charge in [0.15, 0.2) is 0 Å². The highest BCUT2D eigenvalue weighted by atomic mass is 19.3. The van der Waals surface area contributed by atoms with E-state index in [4.69, 9.17) is 0 Å². The van der Waals surface area contributed by atoms with E-state index >= 15 is 0 Å². The Labute approximate surface area is 98.9 Å². The summed E-state index contributed by atoms with van der Waals surface area (Å²) in [6.07, 6.45) is 2.17. The summed E-state index contributed by atoms with van der Waals surface area (Å²) < 4.78 is 30.6. The summed E-state index contributed by atoms with van der Waals surface area (Å²) in [5.74, 6) is -4.93. The van der Waals surface area contributed by atoms with Gasteiger partial charge in [0.2, 0.25) is 0 Å². The Kier molecular flexibility index (Phi) is 4.82.